The van der Waals surface area contributed by atoms with Crippen LogP contribution in [0, 0.1) is 11.6 Å². The van der Waals surface area contributed by atoms with Gasteiger partial charge < -0.3 is 14.0 Å². The van der Waals surface area contributed by atoms with E-state index in [0.717, 1.165) is 38.0 Å². The molecule has 1 fully saturated rings. The van der Waals surface area contributed by atoms with Crippen LogP contribution in [-0.2, 0) is 22.7 Å². The van der Waals surface area contributed by atoms with E-state index in [4.69, 9.17) is 4.52 Å². The third-order valence-electron chi connectivity index (χ3n) is 6.51. The van der Waals surface area contributed by atoms with Crippen molar-refractivity contribution < 1.29 is 21.7 Å². The minimum Gasteiger partial charge on any atom is -0.326 e. The van der Waals surface area contributed by atoms with E-state index in [2.05, 4.69) is 27.0 Å². The summed E-state index contributed by atoms with van der Waals surface area (Å²) < 4.78 is 60.4. The Morgan fingerprint density at radius 3 is 2.61 bits per heavy atom. The first kappa shape index (κ1) is 24.3. The van der Waals surface area contributed by atoms with Crippen molar-refractivity contribution in [2.24, 2.45) is 0 Å². The lowest BCUT2D eigenvalue weighted by Crippen LogP contribution is -2.34. The number of nitrogens with zero attached hydrogens (tertiary/aromatic N) is 6. The van der Waals surface area contributed by atoms with Crippen molar-refractivity contribution in [3.63, 3.8) is 0 Å². The summed E-state index contributed by atoms with van der Waals surface area (Å²) in [6, 6.07) is 4.24. The largest absolute Gasteiger partial charge is 0.326 e. The van der Waals surface area contributed by atoms with Gasteiger partial charge in [-0.3, -0.25) is 0 Å². The summed E-state index contributed by atoms with van der Waals surface area (Å²) in [7, 11) is -3.53. The van der Waals surface area contributed by atoms with Gasteiger partial charge in [0, 0.05) is 44.4 Å². The summed E-state index contributed by atoms with van der Waals surface area (Å²) in [6.45, 7) is 3.41. The monoisotopic (exact) mass is 516 g/mol. The van der Waals surface area contributed by atoms with Gasteiger partial charge in [0.05, 0.1) is 16.0 Å². The number of rotatable bonds is 7. The first-order chi connectivity index (χ1) is 17.2. The van der Waals surface area contributed by atoms with E-state index in [-0.39, 0.29) is 28.3 Å². The zero-order chi connectivity index (χ0) is 25.4. The van der Waals surface area contributed by atoms with Gasteiger partial charge in [-0.1, -0.05) is 18.1 Å². The molecule has 3 aromatic heterocycles. The molecule has 4 aromatic rings. The standard InChI is InChI=1S/C24H26F2N6O3S/c1-3-4-21-29-24(35-30-21)31-9-7-16(8-10-31)32-13-19(26)22-20(27-14-28-23(22)32)11-15-5-6-17(12-18(15)25)36(2,33)34/h5-6,12-14,16H,3-4,7-11H2,1-2H3. The zero-order valence-electron chi connectivity index (χ0n) is 20.0. The Morgan fingerprint density at radius 1 is 1.14 bits per heavy atom. The first-order valence-electron chi connectivity index (χ1n) is 11.8. The van der Waals surface area contributed by atoms with Crippen molar-refractivity contribution in [2.45, 2.75) is 50.0 Å². The highest BCUT2D eigenvalue weighted by molar-refractivity contribution is 7.90. The molecule has 36 heavy (non-hydrogen) atoms. The average molecular weight is 517 g/mol. The highest BCUT2D eigenvalue weighted by Crippen LogP contribution is 2.32. The fourth-order valence-corrected chi connectivity index (χ4v) is 5.26. The van der Waals surface area contributed by atoms with Gasteiger partial charge in [-0.05, 0) is 37.0 Å². The van der Waals surface area contributed by atoms with Crippen molar-refractivity contribution >= 4 is 26.9 Å². The molecule has 5 rings (SSSR count). The molecule has 0 N–H and O–H groups in total. The second kappa shape index (κ2) is 9.57. The van der Waals surface area contributed by atoms with Gasteiger partial charge in [-0.25, -0.2) is 27.2 Å². The molecule has 0 unspecified atom stereocenters. The van der Waals surface area contributed by atoms with Crippen LogP contribution >= 0.6 is 0 Å². The maximum Gasteiger partial charge on any atom is 0.324 e. The SMILES string of the molecule is CCCc1noc(N2CCC(n3cc(F)c4c(Cc5ccc(S(C)(=O)=O)cc5F)ncnc43)CC2)n1. The molecule has 0 bridgehead atoms. The van der Waals surface area contributed by atoms with Gasteiger partial charge in [0.25, 0.3) is 0 Å². The maximum atomic E-state index is 15.1. The summed E-state index contributed by atoms with van der Waals surface area (Å²) in [5, 5.41) is 4.26. The third-order valence-corrected chi connectivity index (χ3v) is 7.62. The van der Waals surface area contributed by atoms with Crippen LogP contribution in [0.2, 0.25) is 0 Å². The summed E-state index contributed by atoms with van der Waals surface area (Å²) in [4.78, 5) is 14.9. The van der Waals surface area contributed by atoms with Crippen LogP contribution in [0.25, 0.3) is 11.0 Å². The van der Waals surface area contributed by atoms with Crippen LogP contribution in [-0.4, -0.2) is 52.4 Å². The van der Waals surface area contributed by atoms with Crippen molar-refractivity contribution in [3.05, 3.63) is 59.4 Å². The van der Waals surface area contributed by atoms with Crippen LogP contribution in [0.1, 0.15) is 49.3 Å². The van der Waals surface area contributed by atoms with Crippen LogP contribution in [0.5, 0.6) is 0 Å². The normalized spacial score (nSPS) is 15.2. The fourth-order valence-electron chi connectivity index (χ4n) is 4.63. The highest BCUT2D eigenvalue weighted by Gasteiger charge is 2.27. The molecule has 4 heterocycles. The molecule has 0 atom stereocenters. The molecule has 0 spiro atoms. The lowest BCUT2D eigenvalue weighted by Gasteiger charge is -2.31. The summed E-state index contributed by atoms with van der Waals surface area (Å²) in [5.74, 6) is -0.461. The number of aryl methyl sites for hydroxylation is 1. The number of fused-ring (bicyclic) bond motifs is 1. The van der Waals surface area contributed by atoms with E-state index < -0.39 is 21.5 Å². The molecular weight excluding hydrogens is 490 g/mol. The molecule has 0 aliphatic carbocycles. The number of anilines is 1. The van der Waals surface area contributed by atoms with Gasteiger partial charge in [0.2, 0.25) is 0 Å². The second-order valence-corrected chi connectivity index (χ2v) is 11.1. The van der Waals surface area contributed by atoms with E-state index in [1.165, 1.54) is 24.7 Å². The molecule has 1 saturated heterocycles. The van der Waals surface area contributed by atoms with Crippen molar-refractivity contribution in [3.8, 4) is 0 Å². The van der Waals surface area contributed by atoms with Crippen LogP contribution in [0.3, 0.4) is 0 Å². The van der Waals surface area contributed by atoms with Crippen LogP contribution in [0.15, 0.2) is 40.1 Å². The smallest absolute Gasteiger partial charge is 0.324 e. The molecule has 1 aliphatic heterocycles. The van der Waals surface area contributed by atoms with E-state index in [9.17, 15) is 12.8 Å². The molecule has 9 nitrogen and oxygen atoms in total. The molecular formula is C24H26F2N6O3S. The number of halogens is 2. The lowest BCUT2D eigenvalue weighted by atomic mass is 10.1. The Hall–Kier alpha value is -3.41. The molecule has 12 heteroatoms. The Kier molecular flexibility index (Phi) is 6.45. The quantitative estimate of drug-likeness (QED) is 0.364. The Bertz CT molecular complexity index is 1510. The summed E-state index contributed by atoms with van der Waals surface area (Å²) in [6.07, 6.45) is 6.97. The molecule has 0 radical (unpaired) electrons. The lowest BCUT2D eigenvalue weighted by molar-refractivity contribution is 0.360. The van der Waals surface area contributed by atoms with Crippen molar-refractivity contribution in [1.29, 1.82) is 0 Å². The Balaban J connectivity index is 1.37. The summed E-state index contributed by atoms with van der Waals surface area (Å²) in [5.41, 5.74) is 1.02. The van der Waals surface area contributed by atoms with E-state index in [0.29, 0.717) is 36.3 Å². The van der Waals surface area contributed by atoms with Gasteiger partial charge in [0.1, 0.15) is 17.8 Å². The van der Waals surface area contributed by atoms with Crippen molar-refractivity contribution in [2.75, 3.05) is 24.2 Å². The predicted octanol–water partition coefficient (Wildman–Crippen LogP) is 3.88. The highest BCUT2D eigenvalue weighted by atomic mass is 32.2. The maximum absolute atomic E-state index is 15.1. The van der Waals surface area contributed by atoms with Crippen LogP contribution in [0.4, 0.5) is 14.8 Å². The van der Waals surface area contributed by atoms with Gasteiger partial charge in [-0.2, -0.15) is 4.98 Å². The third kappa shape index (κ3) is 4.69. The first-order valence-corrected chi connectivity index (χ1v) is 13.7. The summed E-state index contributed by atoms with van der Waals surface area (Å²) >= 11 is 0. The molecule has 1 aliphatic rings. The second-order valence-electron chi connectivity index (χ2n) is 9.07. The number of benzene rings is 1. The number of hydrogen-bond donors (Lipinski definition) is 0. The van der Waals surface area contributed by atoms with Crippen molar-refractivity contribution in [1.82, 2.24) is 24.7 Å². The van der Waals surface area contributed by atoms with E-state index in [1.807, 2.05) is 9.47 Å². The molecule has 1 aromatic carbocycles. The molecule has 0 amide bonds. The zero-order valence-corrected chi connectivity index (χ0v) is 20.8. The fraction of sp³-hybridized carbons (Fsp3) is 0.417. The van der Waals surface area contributed by atoms with E-state index in [1.54, 1.807) is 0 Å². The molecule has 0 saturated carbocycles. The number of aromatic nitrogens is 5. The Labute approximate surface area is 207 Å². The van der Waals surface area contributed by atoms with Crippen LogP contribution < -0.4 is 4.90 Å². The van der Waals surface area contributed by atoms with Gasteiger partial charge in [-0.15, -0.1) is 0 Å². The molecule has 190 valence electrons. The predicted molar refractivity (Wildman–Crippen MR) is 129 cm³/mol. The Morgan fingerprint density at radius 2 is 1.92 bits per heavy atom. The number of hydrogen-bond acceptors (Lipinski definition) is 8. The minimum absolute atomic E-state index is 0.00549. The van der Waals surface area contributed by atoms with Gasteiger partial charge in [0.15, 0.2) is 21.5 Å². The number of piperidine rings is 1. The average Bonchev–Trinajstić information content (AvgIpc) is 3.45. The van der Waals surface area contributed by atoms with E-state index >= 15 is 4.39 Å². The number of sulfone groups is 1. The minimum atomic E-state index is -3.53. The van der Waals surface area contributed by atoms with Gasteiger partial charge >= 0.3 is 6.01 Å². The topological polar surface area (TPSA) is 107 Å².